The van der Waals surface area contributed by atoms with Gasteiger partial charge in [0.1, 0.15) is 17.4 Å². The molecule has 0 bridgehead atoms. The summed E-state index contributed by atoms with van der Waals surface area (Å²) >= 11 is 6.04. The number of amides is 1. The number of nitrogens with one attached hydrogen (secondary N) is 1. The van der Waals surface area contributed by atoms with Crippen molar-refractivity contribution in [3.05, 3.63) is 94.5 Å². The predicted octanol–water partition coefficient (Wildman–Crippen LogP) is 4.43. The summed E-state index contributed by atoms with van der Waals surface area (Å²) < 4.78 is 5.28. The first kappa shape index (κ1) is 19.3. The normalized spacial score (nSPS) is 21.3. The highest BCUT2D eigenvalue weighted by Crippen LogP contribution is 2.49. The fourth-order valence-corrected chi connectivity index (χ4v) is 4.27. The lowest BCUT2D eigenvalue weighted by molar-refractivity contribution is -0.140. The van der Waals surface area contributed by atoms with Crippen molar-refractivity contribution in [3.63, 3.8) is 0 Å². The first-order valence-electron chi connectivity index (χ1n) is 9.66. The third kappa shape index (κ3) is 2.91. The highest BCUT2D eigenvalue weighted by molar-refractivity contribution is 6.31. The van der Waals surface area contributed by atoms with Crippen molar-refractivity contribution in [2.75, 3.05) is 12.4 Å². The molecule has 0 fully saturated rings. The van der Waals surface area contributed by atoms with Crippen LogP contribution in [0.3, 0.4) is 0 Å². The Morgan fingerprint density at radius 2 is 1.87 bits per heavy atom. The zero-order valence-corrected chi connectivity index (χ0v) is 17.2. The number of oxime groups is 1. The van der Waals surface area contributed by atoms with E-state index in [9.17, 15) is 9.59 Å². The zero-order chi connectivity index (χ0) is 21.6. The number of carbonyl (C=O) groups is 2. The number of rotatable bonds is 4. The van der Waals surface area contributed by atoms with Gasteiger partial charge >= 0.3 is 0 Å². The molecule has 2 aliphatic rings. The first-order valence-corrected chi connectivity index (χ1v) is 10.0. The van der Waals surface area contributed by atoms with Crippen LogP contribution >= 0.6 is 11.6 Å². The molecule has 1 spiro atoms. The van der Waals surface area contributed by atoms with Crippen LogP contribution in [0, 0.1) is 5.92 Å². The molecule has 3 aromatic carbocycles. The number of para-hydroxylation sites is 1. The number of halogens is 1. The van der Waals surface area contributed by atoms with Crippen LogP contribution in [0.2, 0.25) is 5.02 Å². The van der Waals surface area contributed by atoms with Crippen molar-refractivity contribution in [1.82, 2.24) is 0 Å². The molecule has 3 aromatic rings. The molecular formula is C24H17ClN2O4. The SMILES string of the molecule is COc1cccc(C(=O)C2C(c3ccc(Cl)cc3)=NOC23C(=O)Nc2ccccc23)c1. The van der Waals surface area contributed by atoms with E-state index in [2.05, 4.69) is 10.5 Å². The number of carbonyl (C=O) groups excluding carboxylic acids is 2. The van der Waals surface area contributed by atoms with Gasteiger partial charge in [-0.05, 0) is 30.3 Å². The van der Waals surface area contributed by atoms with Crippen LogP contribution in [0.5, 0.6) is 5.75 Å². The molecule has 0 saturated carbocycles. The summed E-state index contributed by atoms with van der Waals surface area (Å²) in [6.07, 6.45) is 0. The van der Waals surface area contributed by atoms with Gasteiger partial charge in [0.15, 0.2) is 5.78 Å². The Balaban J connectivity index is 1.69. The van der Waals surface area contributed by atoms with E-state index >= 15 is 0 Å². The highest BCUT2D eigenvalue weighted by atomic mass is 35.5. The van der Waals surface area contributed by atoms with E-state index < -0.39 is 17.4 Å². The van der Waals surface area contributed by atoms with Gasteiger partial charge in [0.05, 0.1) is 7.11 Å². The van der Waals surface area contributed by atoms with Crippen LogP contribution in [0.1, 0.15) is 21.5 Å². The maximum Gasteiger partial charge on any atom is 0.277 e. The summed E-state index contributed by atoms with van der Waals surface area (Å²) in [6.45, 7) is 0. The van der Waals surface area contributed by atoms with Crippen LogP contribution in [0.4, 0.5) is 5.69 Å². The monoisotopic (exact) mass is 432 g/mol. The molecule has 6 nitrogen and oxygen atoms in total. The smallest absolute Gasteiger partial charge is 0.277 e. The maximum atomic E-state index is 13.9. The number of methoxy groups -OCH3 is 1. The molecule has 31 heavy (non-hydrogen) atoms. The number of ketones is 1. The Bertz CT molecular complexity index is 1240. The Morgan fingerprint density at radius 1 is 1.10 bits per heavy atom. The van der Waals surface area contributed by atoms with Crippen molar-refractivity contribution < 1.29 is 19.2 Å². The Kier molecular flexibility index (Phi) is 4.52. The summed E-state index contributed by atoms with van der Waals surface area (Å²) in [5, 5.41) is 7.64. The molecule has 2 heterocycles. The molecule has 154 valence electrons. The molecule has 2 aliphatic heterocycles. The van der Waals surface area contributed by atoms with Crippen LogP contribution in [-0.4, -0.2) is 24.5 Å². The average Bonchev–Trinajstić information content (AvgIpc) is 3.33. The van der Waals surface area contributed by atoms with Gasteiger partial charge in [-0.1, -0.05) is 59.2 Å². The van der Waals surface area contributed by atoms with E-state index in [1.165, 1.54) is 7.11 Å². The summed E-state index contributed by atoms with van der Waals surface area (Å²) in [4.78, 5) is 32.9. The van der Waals surface area contributed by atoms with Gasteiger partial charge in [-0.3, -0.25) is 9.59 Å². The van der Waals surface area contributed by atoms with Crippen molar-refractivity contribution in [3.8, 4) is 5.75 Å². The molecule has 0 aliphatic carbocycles. The Hall–Kier alpha value is -3.64. The van der Waals surface area contributed by atoms with Gasteiger partial charge in [-0.25, -0.2) is 0 Å². The number of nitrogens with zero attached hydrogens (tertiary/aromatic N) is 1. The van der Waals surface area contributed by atoms with Gasteiger partial charge in [-0.15, -0.1) is 0 Å². The highest BCUT2D eigenvalue weighted by Gasteiger charge is 2.63. The number of fused-ring (bicyclic) bond motifs is 2. The Labute approximate surface area is 183 Å². The summed E-state index contributed by atoms with van der Waals surface area (Å²) in [6, 6.07) is 20.9. The number of Topliss-reactive ketones (excluding diaryl/α,β-unsaturated/α-hetero) is 1. The largest absolute Gasteiger partial charge is 0.497 e. The predicted molar refractivity (Wildman–Crippen MR) is 117 cm³/mol. The average molecular weight is 433 g/mol. The lowest BCUT2D eigenvalue weighted by Gasteiger charge is -2.26. The second-order valence-corrected chi connectivity index (χ2v) is 7.78. The molecule has 1 N–H and O–H groups in total. The van der Waals surface area contributed by atoms with Crippen LogP contribution in [0.25, 0.3) is 0 Å². The number of anilines is 1. The van der Waals surface area contributed by atoms with E-state index in [-0.39, 0.29) is 5.78 Å². The van der Waals surface area contributed by atoms with Crippen LogP contribution in [-0.2, 0) is 15.2 Å². The second kappa shape index (κ2) is 7.25. The summed E-state index contributed by atoms with van der Waals surface area (Å²) in [5.41, 5.74) is 1.01. The van der Waals surface area contributed by atoms with Crippen LogP contribution in [0.15, 0.2) is 78.0 Å². The molecule has 1 amide bonds. The number of hydrogen-bond acceptors (Lipinski definition) is 5. The number of ether oxygens (including phenoxy) is 1. The molecule has 0 saturated heterocycles. The van der Waals surface area contributed by atoms with Crippen LogP contribution < -0.4 is 10.1 Å². The molecular weight excluding hydrogens is 416 g/mol. The zero-order valence-electron chi connectivity index (χ0n) is 16.5. The maximum absolute atomic E-state index is 13.9. The molecule has 0 radical (unpaired) electrons. The Morgan fingerprint density at radius 3 is 2.65 bits per heavy atom. The minimum atomic E-state index is -1.59. The fraction of sp³-hybridized carbons (Fsp3) is 0.125. The number of hydrogen-bond donors (Lipinski definition) is 1. The van der Waals surface area contributed by atoms with Crippen molar-refractivity contribution in [1.29, 1.82) is 0 Å². The fourth-order valence-electron chi connectivity index (χ4n) is 4.14. The third-order valence-electron chi connectivity index (χ3n) is 5.64. The topological polar surface area (TPSA) is 77.0 Å². The molecule has 2 unspecified atom stereocenters. The van der Waals surface area contributed by atoms with E-state index in [1.807, 2.05) is 6.07 Å². The van der Waals surface area contributed by atoms with Crippen molar-refractivity contribution in [2.45, 2.75) is 5.60 Å². The van der Waals surface area contributed by atoms with Gasteiger partial charge in [0, 0.05) is 27.4 Å². The van der Waals surface area contributed by atoms with Crippen molar-refractivity contribution >= 4 is 34.7 Å². The van der Waals surface area contributed by atoms with E-state index in [0.29, 0.717) is 38.9 Å². The minimum absolute atomic E-state index is 0.294. The number of benzene rings is 3. The molecule has 7 heteroatoms. The van der Waals surface area contributed by atoms with Crippen molar-refractivity contribution in [2.24, 2.45) is 11.1 Å². The van der Waals surface area contributed by atoms with E-state index in [0.717, 1.165) is 0 Å². The van der Waals surface area contributed by atoms with Gasteiger partial charge < -0.3 is 14.9 Å². The van der Waals surface area contributed by atoms with E-state index in [1.54, 1.807) is 66.7 Å². The molecule has 0 aromatic heterocycles. The van der Waals surface area contributed by atoms with Gasteiger partial charge in [0.2, 0.25) is 0 Å². The standard InChI is InChI=1S/C24H17ClN2O4/c1-30-17-6-4-5-15(13-17)22(28)20-21(14-9-11-16(25)12-10-14)27-31-24(20)18-7-2-3-8-19(18)26-23(24)29/h2-13,20H,1H3,(H,26,29). The minimum Gasteiger partial charge on any atom is -0.497 e. The van der Waals surface area contributed by atoms with Gasteiger partial charge in [0.25, 0.3) is 11.5 Å². The quantitative estimate of drug-likeness (QED) is 0.619. The summed E-state index contributed by atoms with van der Waals surface area (Å²) in [7, 11) is 1.53. The first-order chi connectivity index (χ1) is 15.0. The van der Waals surface area contributed by atoms with E-state index in [4.69, 9.17) is 21.2 Å². The molecule has 5 rings (SSSR count). The molecule has 2 atom stereocenters. The summed E-state index contributed by atoms with van der Waals surface area (Å²) in [5.74, 6) is -1.18. The second-order valence-electron chi connectivity index (χ2n) is 7.34. The van der Waals surface area contributed by atoms with Gasteiger partial charge in [-0.2, -0.15) is 0 Å². The lowest BCUT2D eigenvalue weighted by atomic mass is 9.74. The third-order valence-corrected chi connectivity index (χ3v) is 5.89. The lowest BCUT2D eigenvalue weighted by Crippen LogP contribution is -2.46.